The number of carboxylic acid groups (broad SMARTS) is 1. The van der Waals surface area contributed by atoms with Crippen molar-refractivity contribution in [2.45, 2.75) is 44.6 Å². The second-order valence-corrected chi connectivity index (χ2v) is 5.40. The van der Waals surface area contributed by atoms with E-state index in [1.54, 1.807) is 0 Å². The van der Waals surface area contributed by atoms with Gasteiger partial charge in [-0.3, -0.25) is 9.59 Å². The van der Waals surface area contributed by atoms with Crippen LogP contribution in [0.15, 0.2) is 30.3 Å². The maximum Gasteiger partial charge on any atom is 0.305 e. The molecule has 0 spiro atoms. The molecule has 0 bridgehead atoms. The van der Waals surface area contributed by atoms with Crippen LogP contribution in [0.3, 0.4) is 0 Å². The van der Waals surface area contributed by atoms with Gasteiger partial charge in [0.15, 0.2) is 0 Å². The molecular weight excluding hydrogens is 254 g/mol. The van der Waals surface area contributed by atoms with Gasteiger partial charge in [-0.2, -0.15) is 0 Å². The van der Waals surface area contributed by atoms with Gasteiger partial charge >= 0.3 is 5.97 Å². The Morgan fingerprint density at radius 1 is 1.15 bits per heavy atom. The van der Waals surface area contributed by atoms with Gasteiger partial charge in [-0.15, -0.1) is 0 Å². The molecule has 0 radical (unpaired) electrons. The van der Waals surface area contributed by atoms with Gasteiger partial charge in [-0.05, 0) is 18.4 Å². The predicted octanol–water partition coefficient (Wildman–Crippen LogP) is 2.90. The lowest BCUT2D eigenvalue weighted by Gasteiger charge is -2.24. The van der Waals surface area contributed by atoms with Gasteiger partial charge in [0.25, 0.3) is 0 Å². The zero-order chi connectivity index (χ0) is 14.4. The minimum Gasteiger partial charge on any atom is -0.481 e. The Hall–Kier alpha value is -1.84. The Kier molecular flexibility index (Phi) is 5.16. The minimum atomic E-state index is -0.900. The summed E-state index contributed by atoms with van der Waals surface area (Å²) in [6.07, 6.45) is 5.13. The Bertz CT molecular complexity index is 452. The number of amides is 1. The molecule has 20 heavy (non-hydrogen) atoms. The Labute approximate surface area is 119 Å². The van der Waals surface area contributed by atoms with E-state index >= 15 is 0 Å². The third-order valence-electron chi connectivity index (χ3n) is 3.87. The molecule has 1 unspecified atom stereocenters. The van der Waals surface area contributed by atoms with E-state index in [0.29, 0.717) is 0 Å². The molecular formula is C16H21NO3. The van der Waals surface area contributed by atoms with Gasteiger partial charge in [-0.25, -0.2) is 0 Å². The maximum absolute atomic E-state index is 12.3. The maximum atomic E-state index is 12.3. The lowest BCUT2D eigenvalue weighted by Crippen LogP contribution is -2.35. The quantitative estimate of drug-likeness (QED) is 0.868. The van der Waals surface area contributed by atoms with Crippen LogP contribution in [0.1, 0.15) is 50.1 Å². The number of carboxylic acids is 1. The highest BCUT2D eigenvalue weighted by Crippen LogP contribution is 2.25. The van der Waals surface area contributed by atoms with E-state index in [1.165, 1.54) is 6.42 Å². The SMILES string of the molecule is O=C(O)CC(NC(=O)C1CCCCC1)c1ccccc1. The lowest BCUT2D eigenvalue weighted by molar-refractivity contribution is -0.138. The second-order valence-electron chi connectivity index (χ2n) is 5.40. The van der Waals surface area contributed by atoms with Gasteiger partial charge in [0.05, 0.1) is 12.5 Å². The molecule has 2 N–H and O–H groups in total. The van der Waals surface area contributed by atoms with Gasteiger partial charge in [0.1, 0.15) is 0 Å². The molecule has 1 aliphatic carbocycles. The fraction of sp³-hybridized carbons (Fsp3) is 0.500. The number of benzene rings is 1. The van der Waals surface area contributed by atoms with Crippen molar-refractivity contribution in [1.29, 1.82) is 0 Å². The molecule has 1 amide bonds. The summed E-state index contributed by atoms with van der Waals surface area (Å²) >= 11 is 0. The second kappa shape index (κ2) is 7.08. The minimum absolute atomic E-state index is 0.000182. The van der Waals surface area contributed by atoms with E-state index in [-0.39, 0.29) is 18.2 Å². The normalized spacial score (nSPS) is 17.4. The van der Waals surface area contributed by atoms with Crippen LogP contribution in [0.25, 0.3) is 0 Å². The van der Waals surface area contributed by atoms with Crippen LogP contribution in [0, 0.1) is 5.92 Å². The summed E-state index contributed by atoms with van der Waals surface area (Å²) in [6, 6.07) is 8.87. The monoisotopic (exact) mass is 275 g/mol. The molecule has 1 atom stereocenters. The van der Waals surface area contributed by atoms with Crippen molar-refractivity contribution < 1.29 is 14.7 Å². The molecule has 4 nitrogen and oxygen atoms in total. The van der Waals surface area contributed by atoms with Gasteiger partial charge in [-0.1, -0.05) is 49.6 Å². The number of aliphatic carboxylic acids is 1. The summed E-state index contributed by atoms with van der Waals surface area (Å²) in [6.45, 7) is 0. The molecule has 0 aromatic heterocycles. The van der Waals surface area contributed by atoms with E-state index in [2.05, 4.69) is 5.32 Å². The third kappa shape index (κ3) is 4.08. The standard InChI is InChI=1S/C16H21NO3/c18-15(19)11-14(12-7-3-1-4-8-12)17-16(20)13-9-5-2-6-10-13/h1,3-4,7-8,13-14H,2,5-6,9-11H2,(H,17,20)(H,18,19). The van der Waals surface area contributed by atoms with Crippen LogP contribution in [0.2, 0.25) is 0 Å². The summed E-state index contributed by atoms with van der Waals surface area (Å²) in [4.78, 5) is 23.2. The fourth-order valence-corrected chi connectivity index (χ4v) is 2.77. The molecule has 108 valence electrons. The smallest absolute Gasteiger partial charge is 0.305 e. The van der Waals surface area contributed by atoms with Crippen LogP contribution in [-0.2, 0) is 9.59 Å². The highest BCUT2D eigenvalue weighted by atomic mass is 16.4. The number of carbonyl (C=O) groups is 2. The number of carbonyl (C=O) groups excluding carboxylic acids is 1. The molecule has 0 aliphatic heterocycles. The van der Waals surface area contributed by atoms with Crippen LogP contribution in [0.4, 0.5) is 0 Å². The molecule has 0 saturated heterocycles. The average Bonchev–Trinajstić information content (AvgIpc) is 2.48. The Balaban J connectivity index is 2.03. The van der Waals surface area contributed by atoms with E-state index in [4.69, 9.17) is 5.11 Å². The first-order valence-corrected chi connectivity index (χ1v) is 7.24. The predicted molar refractivity (Wildman–Crippen MR) is 76.2 cm³/mol. The van der Waals surface area contributed by atoms with E-state index < -0.39 is 12.0 Å². The third-order valence-corrected chi connectivity index (χ3v) is 3.87. The van der Waals surface area contributed by atoms with Gasteiger partial charge < -0.3 is 10.4 Å². The van der Waals surface area contributed by atoms with Crippen molar-refractivity contribution in [1.82, 2.24) is 5.32 Å². The van der Waals surface area contributed by atoms with E-state index in [0.717, 1.165) is 31.2 Å². The Morgan fingerprint density at radius 3 is 2.40 bits per heavy atom. The molecule has 1 saturated carbocycles. The Morgan fingerprint density at radius 2 is 1.80 bits per heavy atom. The number of hydrogen-bond acceptors (Lipinski definition) is 2. The topological polar surface area (TPSA) is 66.4 Å². The largest absolute Gasteiger partial charge is 0.481 e. The van der Waals surface area contributed by atoms with Crippen LogP contribution < -0.4 is 5.32 Å². The summed E-state index contributed by atoms with van der Waals surface area (Å²) in [7, 11) is 0. The summed E-state index contributed by atoms with van der Waals surface area (Å²) in [5, 5.41) is 11.9. The molecule has 0 heterocycles. The summed E-state index contributed by atoms with van der Waals surface area (Å²) in [5.74, 6) is -0.855. The van der Waals surface area contributed by atoms with E-state index in [9.17, 15) is 9.59 Å². The first kappa shape index (κ1) is 14.6. The first-order valence-electron chi connectivity index (χ1n) is 7.24. The highest BCUT2D eigenvalue weighted by molar-refractivity contribution is 5.80. The van der Waals surface area contributed by atoms with Crippen molar-refractivity contribution in [3.63, 3.8) is 0 Å². The lowest BCUT2D eigenvalue weighted by atomic mass is 9.88. The number of hydrogen-bond donors (Lipinski definition) is 2. The molecule has 1 aromatic rings. The van der Waals surface area contributed by atoms with Crippen molar-refractivity contribution in [3.05, 3.63) is 35.9 Å². The van der Waals surface area contributed by atoms with Crippen molar-refractivity contribution in [2.24, 2.45) is 5.92 Å². The van der Waals surface area contributed by atoms with Crippen molar-refractivity contribution in [3.8, 4) is 0 Å². The molecule has 2 rings (SSSR count). The van der Waals surface area contributed by atoms with Crippen LogP contribution >= 0.6 is 0 Å². The van der Waals surface area contributed by atoms with Crippen molar-refractivity contribution in [2.75, 3.05) is 0 Å². The van der Waals surface area contributed by atoms with Gasteiger partial charge in [0, 0.05) is 5.92 Å². The van der Waals surface area contributed by atoms with Crippen molar-refractivity contribution >= 4 is 11.9 Å². The number of rotatable bonds is 5. The summed E-state index contributed by atoms with van der Waals surface area (Å²) < 4.78 is 0. The van der Waals surface area contributed by atoms with E-state index in [1.807, 2.05) is 30.3 Å². The first-order chi connectivity index (χ1) is 9.66. The molecule has 1 aliphatic rings. The zero-order valence-electron chi connectivity index (χ0n) is 11.5. The molecule has 1 fully saturated rings. The number of nitrogens with one attached hydrogen (secondary N) is 1. The zero-order valence-corrected chi connectivity index (χ0v) is 11.5. The average molecular weight is 275 g/mol. The highest BCUT2D eigenvalue weighted by Gasteiger charge is 2.25. The summed E-state index contributed by atoms with van der Waals surface area (Å²) in [5.41, 5.74) is 0.846. The van der Waals surface area contributed by atoms with Crippen LogP contribution in [-0.4, -0.2) is 17.0 Å². The fourth-order valence-electron chi connectivity index (χ4n) is 2.77. The van der Waals surface area contributed by atoms with Crippen LogP contribution in [0.5, 0.6) is 0 Å². The van der Waals surface area contributed by atoms with Gasteiger partial charge in [0.2, 0.25) is 5.91 Å². The molecule has 1 aromatic carbocycles. The molecule has 4 heteroatoms.